The molecule has 0 fully saturated rings. The predicted octanol–water partition coefficient (Wildman–Crippen LogP) is 4.44. The highest BCUT2D eigenvalue weighted by molar-refractivity contribution is 9.12. The third-order valence-corrected chi connectivity index (χ3v) is 6.03. The SMILES string of the molecule is CCOc1ccccc1Nc1nc(C(N)(S[N+](=O)[O-])SC(F)(Cl)Br)nc2nc[nH]c12. The summed E-state index contributed by atoms with van der Waals surface area (Å²) in [7, 11) is 0. The van der Waals surface area contributed by atoms with Crippen molar-refractivity contribution in [2.24, 2.45) is 5.73 Å². The van der Waals surface area contributed by atoms with Crippen molar-refractivity contribution >= 4 is 73.9 Å². The quantitative estimate of drug-likeness (QED) is 0.117. The van der Waals surface area contributed by atoms with Gasteiger partial charge < -0.3 is 15.0 Å². The maximum atomic E-state index is 14.1. The molecule has 0 aliphatic rings. The molecular weight excluding hydrogens is 525 g/mol. The molecule has 2 heterocycles. The van der Waals surface area contributed by atoms with Crippen LogP contribution in [0.15, 0.2) is 30.6 Å². The Labute approximate surface area is 191 Å². The van der Waals surface area contributed by atoms with E-state index in [2.05, 4.69) is 41.2 Å². The summed E-state index contributed by atoms with van der Waals surface area (Å²) in [6.07, 6.45) is 1.38. The van der Waals surface area contributed by atoms with Crippen LogP contribution in [0.3, 0.4) is 0 Å². The molecule has 3 rings (SSSR count). The number of fused-ring (bicyclic) bond motifs is 1. The Balaban J connectivity index is 2.11. The van der Waals surface area contributed by atoms with Crippen LogP contribution in [0.4, 0.5) is 15.9 Å². The molecule has 30 heavy (non-hydrogen) atoms. The van der Waals surface area contributed by atoms with E-state index in [1.807, 2.05) is 6.92 Å². The predicted molar refractivity (Wildman–Crippen MR) is 119 cm³/mol. The molecule has 0 bridgehead atoms. The Bertz CT molecular complexity index is 1070. The molecule has 2 aromatic heterocycles. The van der Waals surface area contributed by atoms with Crippen molar-refractivity contribution in [1.82, 2.24) is 19.9 Å². The second-order valence-electron chi connectivity index (χ2n) is 5.58. The summed E-state index contributed by atoms with van der Waals surface area (Å²) in [6, 6.07) is 7.12. The summed E-state index contributed by atoms with van der Waals surface area (Å²) in [5.41, 5.74) is 7.29. The van der Waals surface area contributed by atoms with Gasteiger partial charge in [-0.25, -0.2) is 19.3 Å². The van der Waals surface area contributed by atoms with Crippen LogP contribution in [-0.4, -0.2) is 34.2 Å². The van der Waals surface area contributed by atoms with Crippen molar-refractivity contribution in [1.29, 1.82) is 0 Å². The summed E-state index contributed by atoms with van der Waals surface area (Å²) >= 11 is 8.37. The van der Waals surface area contributed by atoms with Crippen LogP contribution in [-0.2, 0) is 4.20 Å². The number of halogens is 3. The van der Waals surface area contributed by atoms with Gasteiger partial charge in [0.2, 0.25) is 4.20 Å². The van der Waals surface area contributed by atoms with Gasteiger partial charge in [0.1, 0.15) is 15.6 Å². The summed E-state index contributed by atoms with van der Waals surface area (Å²) < 4.78 is 14.2. The first-order valence-electron chi connectivity index (χ1n) is 8.21. The fourth-order valence-corrected chi connectivity index (χ4v) is 5.63. The molecule has 0 aliphatic carbocycles. The van der Waals surface area contributed by atoms with Crippen LogP contribution < -0.4 is 15.8 Å². The number of aromatic amines is 1. The normalized spacial score (nSPS) is 15.4. The Morgan fingerprint density at radius 1 is 1.47 bits per heavy atom. The number of benzene rings is 1. The van der Waals surface area contributed by atoms with Crippen molar-refractivity contribution in [2.75, 3.05) is 11.9 Å². The van der Waals surface area contributed by atoms with E-state index in [1.54, 1.807) is 24.3 Å². The van der Waals surface area contributed by atoms with Gasteiger partial charge in [0, 0.05) is 0 Å². The molecule has 10 nitrogen and oxygen atoms in total. The fourth-order valence-electron chi connectivity index (χ4n) is 2.45. The Morgan fingerprint density at radius 3 is 2.87 bits per heavy atom. The topological polar surface area (TPSA) is 145 Å². The van der Waals surface area contributed by atoms with Crippen LogP contribution in [0.25, 0.3) is 11.2 Å². The summed E-state index contributed by atoms with van der Waals surface area (Å²) in [5.74, 6) is 0.518. The monoisotopic (exact) mass is 537 g/mol. The fraction of sp³-hybridized carbons (Fsp3) is 0.267. The number of H-pyrrole nitrogens is 1. The zero-order valence-electron chi connectivity index (χ0n) is 15.1. The van der Waals surface area contributed by atoms with E-state index in [1.165, 1.54) is 6.33 Å². The Hall–Kier alpha value is -1.87. The largest absolute Gasteiger partial charge is 0.492 e. The number of nitrogens with zero attached hydrogens (tertiary/aromatic N) is 4. The molecule has 160 valence electrons. The van der Waals surface area contributed by atoms with Gasteiger partial charge in [-0.1, -0.05) is 23.7 Å². The number of rotatable bonds is 9. The minimum absolute atomic E-state index is 0.0123. The lowest BCUT2D eigenvalue weighted by Gasteiger charge is -2.24. The maximum absolute atomic E-state index is 14.1. The van der Waals surface area contributed by atoms with Crippen LogP contribution in [0.2, 0.25) is 0 Å². The number of hydrogen-bond acceptors (Lipinski definition) is 10. The molecule has 4 N–H and O–H groups in total. The van der Waals surface area contributed by atoms with Crippen LogP contribution in [0.1, 0.15) is 12.7 Å². The second-order valence-corrected chi connectivity index (χ2v) is 11.2. The lowest BCUT2D eigenvalue weighted by atomic mass is 10.3. The van der Waals surface area contributed by atoms with E-state index < -0.39 is 11.9 Å². The Morgan fingerprint density at radius 2 is 2.20 bits per heavy atom. The van der Waals surface area contributed by atoms with Crippen molar-refractivity contribution in [3.05, 3.63) is 46.5 Å². The average molecular weight is 539 g/mol. The summed E-state index contributed by atoms with van der Waals surface area (Å²) in [4.78, 5) is 26.6. The smallest absolute Gasteiger partial charge is 0.287 e. The minimum atomic E-state index is -2.59. The highest BCUT2D eigenvalue weighted by atomic mass is 79.9. The zero-order valence-corrected chi connectivity index (χ0v) is 19.1. The summed E-state index contributed by atoms with van der Waals surface area (Å²) in [5, 5.41) is 14.3. The van der Waals surface area contributed by atoms with E-state index >= 15 is 0 Å². The molecule has 0 spiro atoms. The minimum Gasteiger partial charge on any atom is -0.492 e. The van der Waals surface area contributed by atoms with Crippen LogP contribution >= 0.6 is 51.2 Å². The van der Waals surface area contributed by atoms with Gasteiger partial charge in [-0.2, -0.15) is 0 Å². The first-order chi connectivity index (χ1) is 14.1. The van der Waals surface area contributed by atoms with E-state index in [4.69, 9.17) is 22.1 Å². The van der Waals surface area contributed by atoms with Gasteiger partial charge in [0.25, 0.3) is 15.3 Å². The number of nitro groups is 1. The third-order valence-electron chi connectivity index (χ3n) is 3.51. The molecule has 0 aliphatic heterocycles. The molecule has 0 saturated heterocycles. The maximum Gasteiger partial charge on any atom is 0.287 e. The number of aromatic nitrogens is 4. The first-order valence-corrected chi connectivity index (χ1v) is 11.0. The molecule has 0 amide bonds. The number of alkyl halides is 3. The molecule has 0 saturated carbocycles. The lowest BCUT2D eigenvalue weighted by molar-refractivity contribution is -0.285. The average Bonchev–Trinajstić information content (AvgIpc) is 3.10. The highest BCUT2D eigenvalue weighted by Crippen LogP contribution is 2.52. The van der Waals surface area contributed by atoms with Gasteiger partial charge in [0.15, 0.2) is 17.3 Å². The molecule has 0 radical (unpaired) electrons. The highest BCUT2D eigenvalue weighted by Gasteiger charge is 2.48. The van der Waals surface area contributed by atoms with Crippen molar-refractivity contribution in [3.8, 4) is 5.75 Å². The van der Waals surface area contributed by atoms with Gasteiger partial charge in [0.05, 0.1) is 18.6 Å². The molecule has 2 atom stereocenters. The van der Waals surface area contributed by atoms with Crippen LogP contribution in [0, 0.1) is 10.1 Å². The van der Waals surface area contributed by atoms with Gasteiger partial charge in [-0.05, 0) is 46.7 Å². The second kappa shape index (κ2) is 9.09. The summed E-state index contributed by atoms with van der Waals surface area (Å²) in [6.45, 7) is 2.28. The number of nitrogens with one attached hydrogen (secondary N) is 2. The standard InChI is InChI=1S/C15H14BrClFN7O3S2/c1-2-28-9-6-4-3-5-8(9)22-12-10-11(21-7-20-10)23-13(24-12)14(19,30-25(26)27)29-15(16,17)18/h3-7H,2,19H2,1H3,(H2,20,21,22,23,24). The molecule has 15 heteroatoms. The van der Waals surface area contributed by atoms with Gasteiger partial charge >= 0.3 is 0 Å². The van der Waals surface area contributed by atoms with E-state index in [0.29, 0.717) is 23.6 Å². The molecule has 3 aromatic rings. The Kier molecular flexibility index (Phi) is 6.91. The number of imidazole rings is 1. The number of hydrogen-bond donors (Lipinski definition) is 3. The van der Waals surface area contributed by atoms with Crippen LogP contribution in [0.5, 0.6) is 5.75 Å². The molecular formula is C15H14BrClFN7O3S2. The van der Waals surface area contributed by atoms with E-state index in [9.17, 15) is 14.5 Å². The van der Waals surface area contributed by atoms with E-state index in [-0.39, 0.29) is 41.0 Å². The third kappa shape index (κ3) is 5.43. The van der Waals surface area contributed by atoms with Crippen molar-refractivity contribution in [3.63, 3.8) is 0 Å². The van der Waals surface area contributed by atoms with Gasteiger partial charge in [-0.15, -0.1) is 0 Å². The number of anilines is 2. The van der Waals surface area contributed by atoms with E-state index in [0.717, 1.165) is 0 Å². The molecule has 1 aromatic carbocycles. The number of ether oxygens (including phenoxy) is 1. The number of thioether (sulfide) groups is 1. The lowest BCUT2D eigenvalue weighted by Crippen LogP contribution is -2.35. The number of nitrogens with two attached hydrogens (primary N) is 1. The zero-order chi connectivity index (χ0) is 21.9. The first kappa shape index (κ1) is 22.8. The molecule has 2 unspecified atom stereocenters. The number of para-hydroxylation sites is 2. The van der Waals surface area contributed by atoms with Gasteiger partial charge in [-0.3, -0.25) is 15.8 Å². The van der Waals surface area contributed by atoms with Crippen molar-refractivity contribution in [2.45, 2.75) is 14.5 Å². The van der Waals surface area contributed by atoms with Crippen molar-refractivity contribution < 1.29 is 13.5 Å².